The number of hydrogen-bond donors (Lipinski definition) is 4. The number of carbonyl (C=O) groups is 2. The molecule has 1 aliphatic rings. The van der Waals surface area contributed by atoms with Crippen molar-refractivity contribution in [3.05, 3.63) is 88.4 Å². The van der Waals surface area contributed by atoms with Gasteiger partial charge in [-0.15, -0.1) is 11.3 Å². The zero-order chi connectivity index (χ0) is 32.8. The van der Waals surface area contributed by atoms with Crippen LogP contribution in [-0.4, -0.2) is 63.5 Å². The van der Waals surface area contributed by atoms with Gasteiger partial charge in [-0.2, -0.15) is 0 Å². The minimum Gasteiger partial charge on any atom is -0.480 e. The first kappa shape index (κ1) is 33.2. The normalized spacial score (nSPS) is 15.6. The van der Waals surface area contributed by atoms with Gasteiger partial charge < -0.3 is 20.4 Å². The first-order chi connectivity index (χ1) is 22.0. The summed E-state index contributed by atoms with van der Waals surface area (Å²) in [5, 5.41) is 25.9. The highest BCUT2D eigenvalue weighted by Crippen LogP contribution is 2.30. The summed E-state index contributed by atoms with van der Waals surface area (Å²) in [5.74, 6) is -0.822. The van der Waals surface area contributed by atoms with Gasteiger partial charge in [-0.25, -0.2) is 9.97 Å². The summed E-state index contributed by atoms with van der Waals surface area (Å²) in [7, 11) is 0. The highest BCUT2D eigenvalue weighted by atomic mass is 32.1. The van der Waals surface area contributed by atoms with Gasteiger partial charge in [0.25, 0.3) is 5.91 Å². The molecule has 3 heterocycles. The number of aromatic nitrogens is 2. The predicted octanol–water partition coefficient (Wildman–Crippen LogP) is 5.88. The van der Waals surface area contributed by atoms with Gasteiger partial charge in [0, 0.05) is 47.2 Å². The number of aliphatic hydroxyl groups is 1. The van der Waals surface area contributed by atoms with Gasteiger partial charge in [-0.05, 0) is 73.4 Å². The third kappa shape index (κ3) is 8.37. The summed E-state index contributed by atoms with van der Waals surface area (Å²) in [6.07, 6.45) is 6.45. The SMILES string of the molecule is C[C@@H](NC(O)[C@H](Cc1ccc(-c2ncc(-c3ccc(N4CCCCC4)cc3)cn2)cc1)NC(=O)c1ccc(C(C)(C)C)s1)C(=O)O. The van der Waals surface area contributed by atoms with E-state index in [2.05, 4.69) is 70.5 Å². The molecule has 4 aromatic rings. The molecule has 242 valence electrons. The second-order valence-electron chi connectivity index (χ2n) is 13.0. The minimum atomic E-state index is -1.29. The van der Waals surface area contributed by atoms with Crippen molar-refractivity contribution in [2.75, 3.05) is 18.0 Å². The van der Waals surface area contributed by atoms with E-state index in [0.717, 1.165) is 40.2 Å². The number of hydrogen-bond acceptors (Lipinski definition) is 8. The molecule has 46 heavy (non-hydrogen) atoms. The lowest BCUT2D eigenvalue weighted by atomic mass is 9.95. The highest BCUT2D eigenvalue weighted by Gasteiger charge is 2.27. The number of nitrogens with zero attached hydrogens (tertiary/aromatic N) is 3. The third-order valence-corrected chi connectivity index (χ3v) is 9.81. The van der Waals surface area contributed by atoms with Gasteiger partial charge in [0.2, 0.25) is 0 Å². The number of carboxylic acid groups (broad SMARTS) is 1. The largest absolute Gasteiger partial charge is 0.480 e. The summed E-state index contributed by atoms with van der Waals surface area (Å²) >= 11 is 1.41. The maximum absolute atomic E-state index is 13.2. The standard InChI is InChI=1S/C36H43N5O4S/c1-23(35(44)45)39-33(42)29(40-34(43)30-16-17-31(46-30)36(2,3)4)20-24-8-10-26(11-9-24)32-37-21-27(22-38-32)25-12-14-28(15-13-25)41-18-6-5-7-19-41/h8-17,21-23,29,33,39,42H,5-7,18-20H2,1-4H3,(H,40,43)(H,44,45)/t23-,29+,33?/m1/s1. The molecular weight excluding hydrogens is 598 g/mol. The lowest BCUT2D eigenvalue weighted by Crippen LogP contribution is -2.54. The number of carbonyl (C=O) groups excluding carboxylic acids is 1. The number of carboxylic acids is 1. The Morgan fingerprint density at radius 1 is 0.891 bits per heavy atom. The van der Waals surface area contributed by atoms with E-state index in [4.69, 9.17) is 0 Å². The molecule has 9 nitrogen and oxygen atoms in total. The Bertz CT molecular complexity index is 1610. The van der Waals surface area contributed by atoms with E-state index in [1.165, 1.54) is 43.2 Å². The minimum absolute atomic E-state index is 0.0926. The van der Waals surface area contributed by atoms with Gasteiger partial charge in [-0.3, -0.25) is 14.9 Å². The molecule has 2 aromatic carbocycles. The molecule has 1 unspecified atom stereocenters. The van der Waals surface area contributed by atoms with Crippen molar-refractivity contribution >= 4 is 28.9 Å². The lowest BCUT2D eigenvalue weighted by Gasteiger charge is -2.28. The summed E-state index contributed by atoms with van der Waals surface area (Å²) in [5.41, 5.74) is 4.86. The van der Waals surface area contributed by atoms with E-state index in [1.807, 2.05) is 42.7 Å². The van der Waals surface area contributed by atoms with E-state index in [1.54, 1.807) is 6.07 Å². The predicted molar refractivity (Wildman–Crippen MR) is 183 cm³/mol. The van der Waals surface area contributed by atoms with Crippen molar-refractivity contribution in [2.24, 2.45) is 0 Å². The second kappa shape index (κ2) is 14.5. The van der Waals surface area contributed by atoms with Crippen molar-refractivity contribution in [3.63, 3.8) is 0 Å². The molecule has 0 spiro atoms. The topological polar surface area (TPSA) is 128 Å². The number of benzene rings is 2. The van der Waals surface area contributed by atoms with Gasteiger partial charge in [0.05, 0.1) is 10.9 Å². The maximum atomic E-state index is 13.2. The zero-order valence-corrected chi connectivity index (χ0v) is 27.7. The Labute approximate surface area is 274 Å². The van der Waals surface area contributed by atoms with Gasteiger partial charge in [0.15, 0.2) is 5.82 Å². The summed E-state index contributed by atoms with van der Waals surface area (Å²) in [6, 6.07) is 18.1. The van der Waals surface area contributed by atoms with Gasteiger partial charge in [0.1, 0.15) is 12.3 Å². The fraction of sp³-hybridized carbons (Fsp3) is 0.389. The third-order valence-electron chi connectivity index (χ3n) is 8.30. The molecule has 1 fully saturated rings. The molecule has 5 rings (SSSR count). The average molecular weight is 642 g/mol. The molecule has 4 N–H and O–H groups in total. The highest BCUT2D eigenvalue weighted by molar-refractivity contribution is 7.14. The molecule has 1 aliphatic heterocycles. The van der Waals surface area contributed by atoms with E-state index in [9.17, 15) is 19.8 Å². The van der Waals surface area contributed by atoms with Crippen LogP contribution in [0.4, 0.5) is 5.69 Å². The number of aliphatic hydroxyl groups excluding tert-OH is 1. The molecule has 0 saturated carbocycles. The Morgan fingerprint density at radius 2 is 1.52 bits per heavy atom. The number of rotatable bonds is 11. The maximum Gasteiger partial charge on any atom is 0.320 e. The number of piperidine rings is 1. The van der Waals surface area contributed by atoms with E-state index >= 15 is 0 Å². The van der Waals surface area contributed by atoms with Crippen molar-refractivity contribution < 1.29 is 19.8 Å². The van der Waals surface area contributed by atoms with Crippen LogP contribution in [0, 0.1) is 0 Å². The van der Waals surface area contributed by atoms with Gasteiger partial charge >= 0.3 is 5.97 Å². The van der Waals surface area contributed by atoms with Crippen LogP contribution >= 0.6 is 11.3 Å². The summed E-state index contributed by atoms with van der Waals surface area (Å²) in [6.45, 7) is 9.93. The van der Waals surface area contributed by atoms with Crippen LogP contribution in [0.3, 0.4) is 0 Å². The van der Waals surface area contributed by atoms with Gasteiger partial charge in [-0.1, -0.05) is 57.2 Å². The fourth-order valence-electron chi connectivity index (χ4n) is 5.47. The van der Waals surface area contributed by atoms with E-state index in [-0.39, 0.29) is 17.7 Å². The second-order valence-corrected chi connectivity index (χ2v) is 14.0. The molecule has 0 bridgehead atoms. The Hall–Kier alpha value is -4.12. The Kier molecular flexibility index (Phi) is 10.5. The molecule has 2 aromatic heterocycles. The smallest absolute Gasteiger partial charge is 0.320 e. The van der Waals surface area contributed by atoms with Crippen LogP contribution in [0.1, 0.15) is 67.1 Å². The van der Waals surface area contributed by atoms with Crippen LogP contribution in [0.25, 0.3) is 22.5 Å². The molecule has 0 radical (unpaired) electrons. The first-order valence-corrected chi connectivity index (χ1v) is 16.6. The number of aliphatic carboxylic acids is 1. The fourth-order valence-corrected chi connectivity index (χ4v) is 6.44. The van der Waals surface area contributed by atoms with Crippen LogP contribution < -0.4 is 15.5 Å². The van der Waals surface area contributed by atoms with Crippen LogP contribution in [0.5, 0.6) is 0 Å². The van der Waals surface area contributed by atoms with E-state index < -0.39 is 24.3 Å². The van der Waals surface area contributed by atoms with Crippen LogP contribution in [-0.2, 0) is 16.6 Å². The Morgan fingerprint density at radius 3 is 2.11 bits per heavy atom. The molecule has 3 atom stereocenters. The summed E-state index contributed by atoms with van der Waals surface area (Å²) in [4.78, 5) is 37.9. The molecule has 0 aliphatic carbocycles. The molecule has 1 saturated heterocycles. The van der Waals surface area contributed by atoms with Crippen molar-refractivity contribution in [1.82, 2.24) is 20.6 Å². The number of anilines is 1. The first-order valence-electron chi connectivity index (χ1n) is 15.8. The van der Waals surface area contributed by atoms with Crippen molar-refractivity contribution in [3.8, 4) is 22.5 Å². The number of amides is 1. The quantitative estimate of drug-likeness (QED) is 0.150. The molecule has 1 amide bonds. The molecular formula is C36H43N5O4S. The average Bonchev–Trinajstić information content (AvgIpc) is 3.57. The summed E-state index contributed by atoms with van der Waals surface area (Å²) < 4.78 is 0. The van der Waals surface area contributed by atoms with Crippen LogP contribution in [0.15, 0.2) is 73.1 Å². The number of nitrogens with one attached hydrogen (secondary N) is 2. The number of thiophene rings is 1. The van der Waals surface area contributed by atoms with Crippen molar-refractivity contribution in [2.45, 2.75) is 77.1 Å². The lowest BCUT2D eigenvalue weighted by molar-refractivity contribution is -0.140. The zero-order valence-electron chi connectivity index (χ0n) is 26.9. The monoisotopic (exact) mass is 641 g/mol. The van der Waals surface area contributed by atoms with E-state index in [0.29, 0.717) is 10.7 Å². The van der Waals surface area contributed by atoms with Crippen molar-refractivity contribution in [1.29, 1.82) is 0 Å². The Balaban J connectivity index is 1.26. The van der Waals surface area contributed by atoms with Crippen LogP contribution in [0.2, 0.25) is 0 Å². The molecule has 10 heteroatoms.